The van der Waals surface area contributed by atoms with Crippen molar-refractivity contribution in [2.75, 3.05) is 31.1 Å². The number of carbonyl (C=O) groups is 1. The molecule has 2 heterocycles. The van der Waals surface area contributed by atoms with E-state index in [0.29, 0.717) is 10.9 Å². The Bertz CT molecular complexity index is 782. The minimum Gasteiger partial charge on any atom is -0.312 e. The van der Waals surface area contributed by atoms with Crippen molar-refractivity contribution in [3.63, 3.8) is 0 Å². The number of hydrogen-bond acceptors (Lipinski definition) is 2. The Morgan fingerprint density at radius 2 is 1.54 bits per heavy atom. The molecule has 0 radical (unpaired) electrons. The topological polar surface area (TPSA) is 23.6 Å². The molecule has 3 nitrogen and oxygen atoms in total. The molecule has 0 N–H and O–H groups in total. The normalized spacial score (nSPS) is 19.5. The van der Waals surface area contributed by atoms with E-state index in [1.165, 1.54) is 18.4 Å². The van der Waals surface area contributed by atoms with Crippen molar-refractivity contribution in [1.82, 2.24) is 4.90 Å². The summed E-state index contributed by atoms with van der Waals surface area (Å²) in [4.78, 5) is 17.7. The van der Waals surface area contributed by atoms with E-state index in [2.05, 4.69) is 35.2 Å². The van der Waals surface area contributed by atoms with Gasteiger partial charge in [-0.3, -0.25) is 4.79 Å². The van der Waals surface area contributed by atoms with Crippen molar-refractivity contribution in [3.05, 3.63) is 65.2 Å². The van der Waals surface area contributed by atoms with E-state index in [4.69, 9.17) is 11.6 Å². The summed E-state index contributed by atoms with van der Waals surface area (Å²) in [6, 6.07) is 18.4. The van der Waals surface area contributed by atoms with Crippen LogP contribution in [0.5, 0.6) is 0 Å². The van der Waals surface area contributed by atoms with Gasteiger partial charge in [-0.2, -0.15) is 0 Å². The molecular formula is C24H29ClN2O. The van der Waals surface area contributed by atoms with E-state index >= 15 is 0 Å². The number of anilines is 1. The van der Waals surface area contributed by atoms with Crippen LogP contribution in [0.1, 0.15) is 37.7 Å². The van der Waals surface area contributed by atoms with Crippen LogP contribution >= 0.6 is 11.6 Å². The minimum absolute atomic E-state index is 0.139. The molecule has 0 aromatic heterocycles. The quantitative estimate of drug-likeness (QED) is 0.628. The van der Waals surface area contributed by atoms with Crippen LogP contribution in [0.4, 0.5) is 5.69 Å². The summed E-state index contributed by atoms with van der Waals surface area (Å²) in [7, 11) is 0. The number of likely N-dealkylation sites (tertiary alicyclic amines) is 1. The fourth-order valence-electron chi connectivity index (χ4n) is 4.67. The lowest BCUT2D eigenvalue weighted by Crippen LogP contribution is -2.45. The summed E-state index contributed by atoms with van der Waals surface area (Å²) >= 11 is 5.99. The zero-order valence-electron chi connectivity index (χ0n) is 16.4. The Labute approximate surface area is 173 Å². The van der Waals surface area contributed by atoms with E-state index in [9.17, 15) is 4.79 Å². The highest BCUT2D eigenvalue weighted by atomic mass is 35.5. The summed E-state index contributed by atoms with van der Waals surface area (Å²) in [5, 5.41) is 0.714. The molecule has 148 valence electrons. The van der Waals surface area contributed by atoms with Crippen molar-refractivity contribution in [1.29, 1.82) is 0 Å². The summed E-state index contributed by atoms with van der Waals surface area (Å²) in [5.74, 6) is 0.318. The number of hydrogen-bond donors (Lipinski definition) is 0. The highest BCUT2D eigenvalue weighted by Gasteiger charge is 2.48. The third kappa shape index (κ3) is 4.26. The molecule has 2 aromatic rings. The zero-order valence-corrected chi connectivity index (χ0v) is 17.2. The first-order chi connectivity index (χ1) is 13.7. The third-order valence-corrected chi connectivity index (χ3v) is 6.75. The molecule has 2 aromatic carbocycles. The first-order valence-corrected chi connectivity index (χ1v) is 10.9. The van der Waals surface area contributed by atoms with Gasteiger partial charge in [-0.15, -0.1) is 0 Å². The second-order valence-corrected chi connectivity index (χ2v) is 8.68. The Kier molecular flexibility index (Phi) is 6.03. The van der Waals surface area contributed by atoms with Crippen LogP contribution in [0, 0.1) is 5.41 Å². The molecule has 0 unspecified atom stereocenters. The summed E-state index contributed by atoms with van der Waals surface area (Å²) in [6.07, 6.45) is 6.59. The molecule has 0 aliphatic carbocycles. The number of aryl methyl sites for hydroxylation is 1. The van der Waals surface area contributed by atoms with Gasteiger partial charge < -0.3 is 9.80 Å². The van der Waals surface area contributed by atoms with Gasteiger partial charge >= 0.3 is 0 Å². The molecule has 28 heavy (non-hydrogen) atoms. The van der Waals surface area contributed by atoms with Gasteiger partial charge in [0.2, 0.25) is 5.91 Å². The molecule has 2 saturated heterocycles. The number of benzene rings is 2. The van der Waals surface area contributed by atoms with E-state index < -0.39 is 0 Å². The predicted molar refractivity (Wildman–Crippen MR) is 116 cm³/mol. The van der Waals surface area contributed by atoms with Crippen LogP contribution in [0.3, 0.4) is 0 Å². The van der Waals surface area contributed by atoms with Crippen LogP contribution in [0.25, 0.3) is 0 Å². The lowest BCUT2D eigenvalue weighted by Gasteiger charge is -2.38. The van der Waals surface area contributed by atoms with Gasteiger partial charge in [0.25, 0.3) is 0 Å². The molecule has 1 amide bonds. The van der Waals surface area contributed by atoms with Crippen molar-refractivity contribution in [3.8, 4) is 0 Å². The van der Waals surface area contributed by atoms with Gasteiger partial charge in [-0.05, 0) is 88.0 Å². The third-order valence-electron chi connectivity index (χ3n) is 6.50. The second kappa shape index (κ2) is 8.67. The second-order valence-electron chi connectivity index (χ2n) is 8.25. The molecule has 2 aliphatic rings. The lowest BCUT2D eigenvalue weighted by atomic mass is 9.77. The fourth-order valence-corrected chi connectivity index (χ4v) is 4.79. The van der Waals surface area contributed by atoms with Gasteiger partial charge in [-0.25, -0.2) is 0 Å². The van der Waals surface area contributed by atoms with Gasteiger partial charge in [0.1, 0.15) is 0 Å². The summed E-state index contributed by atoms with van der Waals surface area (Å²) < 4.78 is 0. The van der Waals surface area contributed by atoms with Gasteiger partial charge in [-0.1, -0.05) is 41.9 Å². The molecule has 1 spiro atoms. The molecule has 2 aliphatic heterocycles. The smallest absolute Gasteiger partial charge is 0.233 e. The fraction of sp³-hybridized carbons (Fsp3) is 0.458. The molecule has 4 heteroatoms. The van der Waals surface area contributed by atoms with Crippen molar-refractivity contribution in [2.24, 2.45) is 5.41 Å². The van der Waals surface area contributed by atoms with E-state index in [-0.39, 0.29) is 5.41 Å². The number of nitrogens with zero attached hydrogens (tertiary/aromatic N) is 2. The van der Waals surface area contributed by atoms with Gasteiger partial charge in [0.05, 0.1) is 5.41 Å². The highest BCUT2D eigenvalue weighted by Crippen LogP contribution is 2.43. The molecular weight excluding hydrogens is 368 g/mol. The number of unbranched alkanes of at least 4 members (excludes halogenated alkanes) is 1. The van der Waals surface area contributed by atoms with Crippen LogP contribution in [-0.2, 0) is 11.2 Å². The molecule has 4 rings (SSSR count). The summed E-state index contributed by atoms with van der Waals surface area (Å²) in [6.45, 7) is 4.08. The van der Waals surface area contributed by atoms with Crippen molar-refractivity contribution >= 4 is 23.2 Å². The monoisotopic (exact) mass is 396 g/mol. The Hall–Kier alpha value is -1.84. The number of halogens is 1. The summed E-state index contributed by atoms with van der Waals surface area (Å²) in [5.41, 5.74) is 2.27. The first-order valence-electron chi connectivity index (χ1n) is 10.5. The van der Waals surface area contributed by atoms with E-state index in [1.807, 2.05) is 29.2 Å². The molecule has 0 atom stereocenters. The van der Waals surface area contributed by atoms with Crippen LogP contribution in [-0.4, -0.2) is 37.0 Å². The Morgan fingerprint density at radius 1 is 0.857 bits per heavy atom. The zero-order chi connectivity index (χ0) is 19.4. The molecule has 0 saturated carbocycles. The van der Waals surface area contributed by atoms with Crippen LogP contribution < -0.4 is 4.90 Å². The van der Waals surface area contributed by atoms with Crippen LogP contribution in [0.2, 0.25) is 5.02 Å². The molecule has 0 bridgehead atoms. The maximum atomic E-state index is 13.2. The average Bonchev–Trinajstić information content (AvgIpc) is 3.04. The Morgan fingerprint density at radius 3 is 2.25 bits per heavy atom. The number of carbonyl (C=O) groups excluding carboxylic acids is 1. The van der Waals surface area contributed by atoms with E-state index in [0.717, 1.165) is 57.5 Å². The van der Waals surface area contributed by atoms with Crippen LogP contribution in [0.15, 0.2) is 54.6 Å². The van der Waals surface area contributed by atoms with Crippen molar-refractivity contribution in [2.45, 2.75) is 38.5 Å². The van der Waals surface area contributed by atoms with Gasteiger partial charge in [0.15, 0.2) is 0 Å². The minimum atomic E-state index is -0.139. The maximum Gasteiger partial charge on any atom is 0.233 e. The largest absolute Gasteiger partial charge is 0.312 e. The van der Waals surface area contributed by atoms with E-state index in [1.54, 1.807) is 0 Å². The highest BCUT2D eigenvalue weighted by molar-refractivity contribution is 6.30. The van der Waals surface area contributed by atoms with Gasteiger partial charge in [0, 0.05) is 17.3 Å². The number of amides is 1. The predicted octanol–water partition coefficient (Wildman–Crippen LogP) is 5.18. The average molecular weight is 397 g/mol. The standard InChI is InChI=1S/C24H29ClN2O/c25-21-9-11-22(12-10-21)27-19-15-24(23(27)28)13-17-26(18-14-24)16-5-4-8-20-6-2-1-3-7-20/h1-3,6-7,9-12H,4-5,8,13-19H2. The molecule has 2 fully saturated rings. The Balaban J connectivity index is 1.24. The first kappa shape index (κ1) is 19.5. The lowest BCUT2D eigenvalue weighted by molar-refractivity contribution is -0.128. The SMILES string of the molecule is O=C1N(c2ccc(Cl)cc2)CCC12CCN(CCCCc1ccccc1)CC2. The van der Waals surface area contributed by atoms with Crippen molar-refractivity contribution < 1.29 is 4.79 Å². The number of rotatable bonds is 6. The number of piperidine rings is 1. The maximum absolute atomic E-state index is 13.2.